The van der Waals surface area contributed by atoms with Gasteiger partial charge in [-0.25, -0.2) is 0 Å². The highest BCUT2D eigenvalue weighted by Crippen LogP contribution is 2.12. The summed E-state index contributed by atoms with van der Waals surface area (Å²) in [6.07, 6.45) is 6.42. The Bertz CT molecular complexity index is 180. The van der Waals surface area contributed by atoms with E-state index in [1.807, 2.05) is 0 Å². The summed E-state index contributed by atoms with van der Waals surface area (Å²) >= 11 is 0. The van der Waals surface area contributed by atoms with Crippen LogP contribution in [0.3, 0.4) is 0 Å². The molecule has 1 unspecified atom stereocenters. The maximum absolute atomic E-state index is 10.8. The van der Waals surface area contributed by atoms with E-state index in [4.69, 9.17) is 0 Å². The van der Waals surface area contributed by atoms with Gasteiger partial charge in [-0.15, -0.1) is 0 Å². The number of ketones is 1. The van der Waals surface area contributed by atoms with E-state index in [1.54, 1.807) is 6.92 Å². The molecule has 0 N–H and O–H groups in total. The van der Waals surface area contributed by atoms with Crippen LogP contribution in [-0.2, 0) is 4.79 Å². The summed E-state index contributed by atoms with van der Waals surface area (Å²) < 4.78 is 0. The van der Waals surface area contributed by atoms with Crippen LogP contribution < -0.4 is 0 Å². The van der Waals surface area contributed by atoms with Gasteiger partial charge in [0.1, 0.15) is 5.78 Å². The standard InChI is InChI=1S/C12H22O/c1-5-10(2)7-6-8-11(3)9-12(4)13/h7,11H,5-6,8-9H2,1-4H3/b10-7+. The number of hydrogen-bond acceptors (Lipinski definition) is 1. The minimum Gasteiger partial charge on any atom is -0.300 e. The fraction of sp³-hybridized carbons (Fsp3) is 0.750. The number of carbonyl (C=O) groups excluding carboxylic acids is 1. The largest absolute Gasteiger partial charge is 0.300 e. The van der Waals surface area contributed by atoms with Crippen LogP contribution in [-0.4, -0.2) is 5.78 Å². The number of rotatable bonds is 6. The van der Waals surface area contributed by atoms with Gasteiger partial charge in [0, 0.05) is 6.42 Å². The predicted octanol–water partition coefficient (Wildman–Crippen LogP) is 3.74. The van der Waals surface area contributed by atoms with Gasteiger partial charge in [0.05, 0.1) is 0 Å². The van der Waals surface area contributed by atoms with E-state index in [-0.39, 0.29) is 0 Å². The predicted molar refractivity (Wildman–Crippen MR) is 57.7 cm³/mol. The van der Waals surface area contributed by atoms with Crippen molar-refractivity contribution in [2.45, 2.75) is 53.4 Å². The molecule has 0 aromatic heterocycles. The first kappa shape index (κ1) is 12.4. The summed E-state index contributed by atoms with van der Waals surface area (Å²) in [5.74, 6) is 0.849. The molecule has 0 rings (SSSR count). The number of hydrogen-bond donors (Lipinski definition) is 0. The molecule has 13 heavy (non-hydrogen) atoms. The summed E-state index contributed by atoms with van der Waals surface area (Å²) in [5.41, 5.74) is 1.45. The molecule has 0 saturated heterocycles. The second-order valence-electron chi connectivity index (χ2n) is 3.99. The van der Waals surface area contributed by atoms with Gasteiger partial charge in [0.15, 0.2) is 0 Å². The molecule has 0 aliphatic heterocycles. The van der Waals surface area contributed by atoms with Crippen molar-refractivity contribution in [2.24, 2.45) is 5.92 Å². The van der Waals surface area contributed by atoms with Crippen LogP contribution >= 0.6 is 0 Å². The summed E-state index contributed by atoms with van der Waals surface area (Å²) in [7, 11) is 0. The minimum absolute atomic E-state index is 0.309. The third kappa shape index (κ3) is 7.76. The first-order valence-corrected chi connectivity index (χ1v) is 5.21. The average Bonchev–Trinajstić information content (AvgIpc) is 2.02. The van der Waals surface area contributed by atoms with Crippen LogP contribution in [0.5, 0.6) is 0 Å². The van der Waals surface area contributed by atoms with Gasteiger partial charge >= 0.3 is 0 Å². The maximum Gasteiger partial charge on any atom is 0.130 e. The summed E-state index contributed by atoms with van der Waals surface area (Å²) in [5, 5.41) is 0. The Kier molecular flexibility index (Phi) is 6.56. The third-order valence-corrected chi connectivity index (χ3v) is 2.35. The van der Waals surface area contributed by atoms with Gasteiger partial charge in [-0.2, -0.15) is 0 Å². The van der Waals surface area contributed by atoms with Crippen LogP contribution in [0.2, 0.25) is 0 Å². The Labute approximate surface area is 82.2 Å². The summed E-state index contributed by atoms with van der Waals surface area (Å²) in [6.45, 7) is 8.15. The van der Waals surface area contributed by atoms with E-state index in [2.05, 4.69) is 26.8 Å². The zero-order chi connectivity index (χ0) is 10.3. The first-order chi connectivity index (χ1) is 6.06. The topological polar surface area (TPSA) is 17.1 Å². The Morgan fingerprint density at radius 3 is 2.46 bits per heavy atom. The SMILES string of the molecule is CC/C(C)=C/CCC(C)CC(C)=O. The van der Waals surface area contributed by atoms with Crippen molar-refractivity contribution in [2.75, 3.05) is 0 Å². The van der Waals surface area contributed by atoms with E-state index in [0.29, 0.717) is 11.7 Å². The lowest BCUT2D eigenvalue weighted by molar-refractivity contribution is -0.117. The molecular weight excluding hydrogens is 160 g/mol. The molecule has 0 saturated carbocycles. The van der Waals surface area contributed by atoms with Crippen LogP contribution in [0.15, 0.2) is 11.6 Å². The molecule has 0 radical (unpaired) electrons. The molecule has 0 aliphatic carbocycles. The van der Waals surface area contributed by atoms with Crippen molar-refractivity contribution in [3.63, 3.8) is 0 Å². The molecule has 0 aromatic rings. The lowest BCUT2D eigenvalue weighted by Crippen LogP contribution is -2.00. The van der Waals surface area contributed by atoms with Crippen molar-refractivity contribution < 1.29 is 4.79 Å². The molecule has 1 nitrogen and oxygen atoms in total. The lowest BCUT2D eigenvalue weighted by Gasteiger charge is -2.06. The molecule has 1 heteroatoms. The normalized spacial score (nSPS) is 14.3. The van der Waals surface area contributed by atoms with Gasteiger partial charge in [0.25, 0.3) is 0 Å². The molecule has 76 valence electrons. The zero-order valence-corrected chi connectivity index (χ0v) is 9.39. The van der Waals surface area contributed by atoms with Crippen molar-refractivity contribution in [3.8, 4) is 0 Å². The monoisotopic (exact) mass is 182 g/mol. The molecule has 0 aliphatic rings. The van der Waals surface area contributed by atoms with E-state index < -0.39 is 0 Å². The minimum atomic E-state index is 0.309. The Hall–Kier alpha value is -0.590. The Morgan fingerprint density at radius 1 is 1.38 bits per heavy atom. The summed E-state index contributed by atoms with van der Waals surface area (Å²) in [4.78, 5) is 10.8. The Balaban J connectivity index is 3.58. The van der Waals surface area contributed by atoms with Crippen LogP contribution in [0.1, 0.15) is 53.4 Å². The van der Waals surface area contributed by atoms with E-state index in [0.717, 1.165) is 25.7 Å². The first-order valence-electron chi connectivity index (χ1n) is 5.21. The number of carbonyl (C=O) groups is 1. The highest BCUT2D eigenvalue weighted by atomic mass is 16.1. The smallest absolute Gasteiger partial charge is 0.130 e. The highest BCUT2D eigenvalue weighted by Gasteiger charge is 2.03. The lowest BCUT2D eigenvalue weighted by atomic mass is 9.99. The molecule has 0 aromatic carbocycles. The second-order valence-corrected chi connectivity index (χ2v) is 3.99. The molecule has 0 amide bonds. The quantitative estimate of drug-likeness (QED) is 0.572. The van der Waals surface area contributed by atoms with Gasteiger partial charge < -0.3 is 4.79 Å². The number of allylic oxidation sites excluding steroid dienone is 2. The fourth-order valence-electron chi connectivity index (χ4n) is 1.35. The molecular formula is C12H22O. The molecule has 0 spiro atoms. The van der Waals surface area contributed by atoms with E-state index >= 15 is 0 Å². The van der Waals surface area contributed by atoms with E-state index in [9.17, 15) is 4.79 Å². The molecule has 0 fully saturated rings. The van der Waals surface area contributed by atoms with Gasteiger partial charge in [-0.05, 0) is 39.0 Å². The van der Waals surface area contributed by atoms with E-state index in [1.165, 1.54) is 5.57 Å². The third-order valence-electron chi connectivity index (χ3n) is 2.35. The highest BCUT2D eigenvalue weighted by molar-refractivity contribution is 5.75. The fourth-order valence-corrected chi connectivity index (χ4v) is 1.35. The maximum atomic E-state index is 10.8. The molecule has 1 atom stereocenters. The van der Waals surface area contributed by atoms with Gasteiger partial charge in [-0.3, -0.25) is 0 Å². The zero-order valence-electron chi connectivity index (χ0n) is 9.39. The number of Topliss-reactive ketones (excluding diaryl/α,β-unsaturated/α-hetero) is 1. The second kappa shape index (κ2) is 6.88. The van der Waals surface area contributed by atoms with Crippen LogP contribution in [0.4, 0.5) is 0 Å². The van der Waals surface area contributed by atoms with Gasteiger partial charge in [0.2, 0.25) is 0 Å². The van der Waals surface area contributed by atoms with Crippen molar-refractivity contribution >= 4 is 5.78 Å². The van der Waals surface area contributed by atoms with Crippen molar-refractivity contribution in [3.05, 3.63) is 11.6 Å². The Morgan fingerprint density at radius 2 is 2.00 bits per heavy atom. The van der Waals surface area contributed by atoms with Crippen molar-refractivity contribution in [1.82, 2.24) is 0 Å². The average molecular weight is 182 g/mol. The van der Waals surface area contributed by atoms with Crippen molar-refractivity contribution in [1.29, 1.82) is 0 Å². The molecule has 0 heterocycles. The molecule has 0 bridgehead atoms. The van der Waals surface area contributed by atoms with Gasteiger partial charge in [-0.1, -0.05) is 25.5 Å². The summed E-state index contributed by atoms with van der Waals surface area (Å²) in [6, 6.07) is 0. The van der Waals surface area contributed by atoms with Crippen LogP contribution in [0, 0.1) is 5.92 Å². The van der Waals surface area contributed by atoms with Crippen LogP contribution in [0.25, 0.3) is 0 Å².